The first-order chi connectivity index (χ1) is 11.7. The van der Waals surface area contributed by atoms with Crippen LogP contribution in [0.4, 0.5) is 9.18 Å². The second kappa shape index (κ2) is 8.22. The maximum absolute atomic E-state index is 13.4. The predicted octanol–water partition coefficient (Wildman–Crippen LogP) is 2.98. The van der Waals surface area contributed by atoms with Crippen LogP contribution in [-0.2, 0) is 25.6 Å². The monoisotopic (exact) mass is 391 g/mol. The van der Waals surface area contributed by atoms with Crippen molar-refractivity contribution in [2.24, 2.45) is 0 Å². The highest BCUT2D eigenvalue weighted by Gasteiger charge is 2.25. The van der Waals surface area contributed by atoms with Crippen molar-refractivity contribution in [2.45, 2.75) is 52.4 Å². The molecule has 0 aliphatic carbocycles. The highest BCUT2D eigenvalue weighted by Crippen LogP contribution is 2.22. The summed E-state index contributed by atoms with van der Waals surface area (Å²) >= 11 is 0. The molecular formula is C17H26FNO6S. The smallest absolute Gasteiger partial charge is 0.408 e. The molecule has 0 bridgehead atoms. The first-order valence-electron chi connectivity index (χ1n) is 7.94. The van der Waals surface area contributed by atoms with Crippen molar-refractivity contribution in [1.82, 2.24) is 5.32 Å². The van der Waals surface area contributed by atoms with E-state index in [-0.39, 0.29) is 24.5 Å². The van der Waals surface area contributed by atoms with Gasteiger partial charge in [-0.25, -0.2) is 9.18 Å². The van der Waals surface area contributed by atoms with E-state index in [1.807, 2.05) is 0 Å². The van der Waals surface area contributed by atoms with Crippen molar-refractivity contribution in [3.8, 4) is 5.75 Å². The van der Waals surface area contributed by atoms with Crippen LogP contribution in [0.5, 0.6) is 5.75 Å². The first-order valence-corrected chi connectivity index (χ1v) is 9.75. The maximum atomic E-state index is 13.4. The standard InChI is InChI=1S/C17H26FNO6S/c1-16(2,3)25-15(20)19-17(4,5)11-23-14-8-7-13(18)9-12(14)10-24-26(6,21)22/h7-9H,10-11H2,1-6H3,(H,19,20). The minimum atomic E-state index is -3.68. The average molecular weight is 391 g/mol. The number of hydrogen-bond acceptors (Lipinski definition) is 6. The quantitative estimate of drug-likeness (QED) is 0.719. The molecule has 0 aliphatic heterocycles. The Kier molecular flexibility index (Phi) is 7.01. The van der Waals surface area contributed by atoms with Gasteiger partial charge in [0.05, 0.1) is 18.4 Å². The molecule has 0 saturated heterocycles. The Morgan fingerprint density at radius 3 is 2.35 bits per heavy atom. The van der Waals surface area contributed by atoms with Gasteiger partial charge in [0, 0.05) is 5.56 Å². The fourth-order valence-corrected chi connectivity index (χ4v) is 2.19. The van der Waals surface area contributed by atoms with Gasteiger partial charge in [-0.15, -0.1) is 0 Å². The van der Waals surface area contributed by atoms with Crippen molar-refractivity contribution >= 4 is 16.2 Å². The Morgan fingerprint density at radius 1 is 1.19 bits per heavy atom. The zero-order valence-corrected chi connectivity index (χ0v) is 16.7. The summed E-state index contributed by atoms with van der Waals surface area (Å²) in [5.74, 6) is -0.287. The molecule has 1 rings (SSSR count). The summed E-state index contributed by atoms with van der Waals surface area (Å²) in [5, 5.41) is 2.68. The SMILES string of the molecule is CC(C)(COc1ccc(F)cc1COS(C)(=O)=O)NC(=O)OC(C)(C)C. The number of halogens is 1. The van der Waals surface area contributed by atoms with Gasteiger partial charge in [-0.1, -0.05) is 0 Å². The van der Waals surface area contributed by atoms with Crippen LogP contribution in [0.2, 0.25) is 0 Å². The average Bonchev–Trinajstić information content (AvgIpc) is 2.40. The van der Waals surface area contributed by atoms with Crippen LogP contribution >= 0.6 is 0 Å². The Bertz CT molecular complexity index is 740. The predicted molar refractivity (Wildman–Crippen MR) is 95.0 cm³/mol. The number of benzene rings is 1. The molecule has 0 atom stereocenters. The minimum absolute atomic E-state index is 0.0454. The van der Waals surface area contributed by atoms with Crippen LogP contribution in [-0.4, -0.2) is 38.5 Å². The molecule has 148 valence electrons. The molecule has 0 saturated carbocycles. The third-order valence-corrected chi connectivity index (χ3v) is 3.42. The fourth-order valence-electron chi connectivity index (χ4n) is 1.85. The highest BCUT2D eigenvalue weighted by molar-refractivity contribution is 7.85. The third-order valence-electron chi connectivity index (χ3n) is 2.88. The Morgan fingerprint density at radius 2 is 1.81 bits per heavy atom. The lowest BCUT2D eigenvalue weighted by molar-refractivity contribution is 0.0440. The van der Waals surface area contributed by atoms with Crippen molar-refractivity contribution in [1.29, 1.82) is 0 Å². The molecule has 0 fully saturated rings. The number of carbonyl (C=O) groups is 1. The van der Waals surface area contributed by atoms with Crippen LogP contribution in [0.3, 0.4) is 0 Å². The van der Waals surface area contributed by atoms with Crippen molar-refractivity contribution in [3.05, 3.63) is 29.6 Å². The van der Waals surface area contributed by atoms with Crippen LogP contribution in [0.1, 0.15) is 40.2 Å². The van der Waals surface area contributed by atoms with Gasteiger partial charge in [0.1, 0.15) is 23.8 Å². The van der Waals surface area contributed by atoms with Crippen molar-refractivity contribution < 1.29 is 31.3 Å². The number of alkyl carbamates (subject to hydrolysis) is 1. The fraction of sp³-hybridized carbons (Fsp3) is 0.588. The van der Waals surface area contributed by atoms with Gasteiger partial charge in [0.25, 0.3) is 10.1 Å². The Balaban J connectivity index is 2.77. The van der Waals surface area contributed by atoms with E-state index in [9.17, 15) is 17.6 Å². The van der Waals surface area contributed by atoms with Gasteiger partial charge in [0.2, 0.25) is 0 Å². The molecule has 0 heterocycles. The summed E-state index contributed by atoms with van der Waals surface area (Å²) in [6.07, 6.45) is 0.312. The number of nitrogens with one attached hydrogen (secondary N) is 1. The summed E-state index contributed by atoms with van der Waals surface area (Å²) in [4.78, 5) is 11.9. The van der Waals surface area contributed by atoms with Gasteiger partial charge in [0.15, 0.2) is 0 Å². The van der Waals surface area contributed by atoms with Crippen LogP contribution in [0.25, 0.3) is 0 Å². The van der Waals surface area contributed by atoms with Gasteiger partial charge in [-0.05, 0) is 52.8 Å². The number of rotatable bonds is 7. The van der Waals surface area contributed by atoms with E-state index < -0.39 is 33.2 Å². The maximum Gasteiger partial charge on any atom is 0.408 e. The molecule has 0 aliphatic rings. The zero-order valence-electron chi connectivity index (χ0n) is 15.9. The summed E-state index contributed by atoms with van der Waals surface area (Å²) in [6.45, 7) is 8.41. The third kappa shape index (κ3) is 9.00. The van der Waals surface area contributed by atoms with Crippen LogP contribution in [0, 0.1) is 5.82 Å². The summed E-state index contributed by atoms with van der Waals surface area (Å²) in [5.41, 5.74) is -1.18. The van der Waals surface area contributed by atoms with Gasteiger partial charge in [-0.3, -0.25) is 4.18 Å². The second-order valence-corrected chi connectivity index (χ2v) is 9.16. The molecule has 1 amide bonds. The molecule has 0 aromatic heterocycles. The summed E-state index contributed by atoms with van der Waals surface area (Å²) in [7, 11) is -3.68. The molecule has 7 nitrogen and oxygen atoms in total. The van der Waals surface area contributed by atoms with Crippen LogP contribution in [0.15, 0.2) is 18.2 Å². The van der Waals surface area contributed by atoms with E-state index in [0.29, 0.717) is 0 Å². The molecule has 0 spiro atoms. The topological polar surface area (TPSA) is 90.9 Å². The molecule has 26 heavy (non-hydrogen) atoms. The van der Waals surface area contributed by atoms with Gasteiger partial charge < -0.3 is 14.8 Å². The molecule has 0 unspecified atom stereocenters. The summed E-state index contributed by atoms with van der Waals surface area (Å²) < 4.78 is 51.2. The normalized spacial score (nSPS) is 12.6. The largest absolute Gasteiger partial charge is 0.491 e. The summed E-state index contributed by atoms with van der Waals surface area (Å²) in [6, 6.07) is 3.70. The lowest BCUT2D eigenvalue weighted by Crippen LogP contribution is -2.49. The lowest BCUT2D eigenvalue weighted by Gasteiger charge is -2.28. The second-order valence-electron chi connectivity index (χ2n) is 7.52. The molecule has 1 aromatic rings. The molecule has 9 heteroatoms. The Hall–Kier alpha value is -1.87. The van der Waals surface area contributed by atoms with E-state index in [1.54, 1.807) is 34.6 Å². The minimum Gasteiger partial charge on any atom is -0.491 e. The number of hydrogen-bond donors (Lipinski definition) is 1. The van der Waals surface area contributed by atoms with Gasteiger partial charge in [-0.2, -0.15) is 8.42 Å². The van der Waals surface area contributed by atoms with Crippen LogP contribution < -0.4 is 10.1 Å². The van der Waals surface area contributed by atoms with Crippen molar-refractivity contribution in [2.75, 3.05) is 12.9 Å². The molecule has 1 N–H and O–H groups in total. The van der Waals surface area contributed by atoms with E-state index >= 15 is 0 Å². The zero-order chi connectivity index (χ0) is 20.2. The Labute approximate surface area is 153 Å². The van der Waals surface area contributed by atoms with E-state index in [0.717, 1.165) is 12.3 Å². The first kappa shape index (κ1) is 22.2. The van der Waals surface area contributed by atoms with E-state index in [1.165, 1.54) is 12.1 Å². The number of carbonyl (C=O) groups excluding carboxylic acids is 1. The van der Waals surface area contributed by atoms with Gasteiger partial charge >= 0.3 is 6.09 Å². The van der Waals surface area contributed by atoms with E-state index in [4.69, 9.17) is 13.7 Å². The highest BCUT2D eigenvalue weighted by atomic mass is 32.2. The lowest BCUT2D eigenvalue weighted by atomic mass is 10.1. The van der Waals surface area contributed by atoms with Crippen molar-refractivity contribution in [3.63, 3.8) is 0 Å². The number of amides is 1. The van der Waals surface area contributed by atoms with E-state index in [2.05, 4.69) is 5.32 Å². The molecular weight excluding hydrogens is 365 g/mol. The number of ether oxygens (including phenoxy) is 2. The molecule has 1 aromatic carbocycles. The molecule has 0 radical (unpaired) electrons.